The predicted molar refractivity (Wildman–Crippen MR) is 100 cm³/mol. The molecule has 1 fully saturated rings. The van der Waals surface area contributed by atoms with Gasteiger partial charge in [0.25, 0.3) is 5.91 Å². The number of rotatable bonds is 5. The Balaban J connectivity index is 1.87. The van der Waals surface area contributed by atoms with Gasteiger partial charge in [-0.15, -0.1) is 0 Å². The first-order valence-corrected chi connectivity index (χ1v) is 9.93. The third-order valence-electron chi connectivity index (χ3n) is 4.63. The molecule has 0 saturated heterocycles. The van der Waals surface area contributed by atoms with Gasteiger partial charge in [-0.25, -0.2) is 0 Å². The molecule has 7 heteroatoms. The summed E-state index contributed by atoms with van der Waals surface area (Å²) in [6.45, 7) is 0. The molecule has 0 radical (unpaired) electrons. The third kappa shape index (κ3) is 5.03. The van der Waals surface area contributed by atoms with Crippen molar-refractivity contribution >= 4 is 17.9 Å². The molecule has 0 aliphatic heterocycles. The lowest BCUT2D eigenvalue weighted by Crippen LogP contribution is -2.37. The molecule has 0 spiro atoms. The highest BCUT2D eigenvalue weighted by Crippen LogP contribution is 2.35. The fourth-order valence-electron chi connectivity index (χ4n) is 3.29. The van der Waals surface area contributed by atoms with Crippen LogP contribution in [0.15, 0.2) is 48.7 Å². The van der Waals surface area contributed by atoms with Gasteiger partial charge < -0.3 is 0 Å². The quantitative estimate of drug-likeness (QED) is 0.608. The summed E-state index contributed by atoms with van der Waals surface area (Å²) >= 11 is 1.29. The minimum Gasteiger partial charge on any atom is -0.279 e. The minimum absolute atomic E-state index is 0.0544. The van der Waals surface area contributed by atoms with Crippen molar-refractivity contribution in [2.75, 3.05) is 0 Å². The average molecular weight is 394 g/mol. The molecule has 1 saturated carbocycles. The van der Waals surface area contributed by atoms with E-state index in [0.29, 0.717) is 5.75 Å². The molecular formula is C20H21F3N2OS. The SMILES string of the molecule is O=C(c1cccnc1C(F)(F)F)N(SCc1ccccc1)C1CCCCC1. The van der Waals surface area contributed by atoms with Crippen LogP contribution >= 0.6 is 11.9 Å². The molecule has 3 nitrogen and oxygen atoms in total. The standard InChI is InChI=1S/C20H21F3N2OS/c21-20(22,23)18-17(12-7-13-24-18)19(26)25(16-10-5-2-6-11-16)27-14-15-8-3-1-4-9-15/h1,3-4,7-9,12-13,16H,2,5-6,10-11,14H2. The largest absolute Gasteiger partial charge is 0.434 e. The Labute approximate surface area is 161 Å². The molecule has 0 bridgehead atoms. The van der Waals surface area contributed by atoms with Crippen molar-refractivity contribution in [2.24, 2.45) is 0 Å². The summed E-state index contributed by atoms with van der Waals surface area (Å²) in [5, 5.41) is 0. The van der Waals surface area contributed by atoms with Crippen LogP contribution in [0.2, 0.25) is 0 Å². The highest BCUT2D eigenvalue weighted by atomic mass is 32.2. The second-order valence-electron chi connectivity index (χ2n) is 6.58. The van der Waals surface area contributed by atoms with E-state index < -0.39 is 17.8 Å². The van der Waals surface area contributed by atoms with Crippen LogP contribution in [0, 0.1) is 0 Å². The van der Waals surface area contributed by atoms with Crippen LogP contribution in [-0.4, -0.2) is 21.2 Å². The Morgan fingerprint density at radius 2 is 1.78 bits per heavy atom. The van der Waals surface area contributed by atoms with Crippen LogP contribution in [0.3, 0.4) is 0 Å². The second-order valence-corrected chi connectivity index (χ2v) is 7.52. The summed E-state index contributed by atoms with van der Waals surface area (Å²) < 4.78 is 41.5. The highest BCUT2D eigenvalue weighted by Gasteiger charge is 2.39. The van der Waals surface area contributed by atoms with Crippen LogP contribution < -0.4 is 0 Å². The summed E-state index contributed by atoms with van der Waals surface area (Å²) in [6.07, 6.45) is 1.11. The van der Waals surface area contributed by atoms with Gasteiger partial charge in [-0.3, -0.25) is 14.1 Å². The molecule has 0 atom stereocenters. The number of carbonyl (C=O) groups is 1. The lowest BCUT2D eigenvalue weighted by Gasteiger charge is -2.33. The number of aromatic nitrogens is 1. The molecule has 3 rings (SSSR count). The average Bonchev–Trinajstić information content (AvgIpc) is 2.69. The molecule has 27 heavy (non-hydrogen) atoms. The summed E-state index contributed by atoms with van der Waals surface area (Å²) in [5.74, 6) is -0.0757. The summed E-state index contributed by atoms with van der Waals surface area (Å²) in [6, 6.07) is 12.2. The Kier molecular flexibility index (Phi) is 6.42. The maximum absolute atomic E-state index is 13.3. The Bertz CT molecular complexity index is 761. The zero-order valence-corrected chi connectivity index (χ0v) is 15.6. The molecule has 1 heterocycles. The molecule has 144 valence electrons. The molecule has 0 unspecified atom stereocenters. The molecule has 0 N–H and O–H groups in total. The molecule has 1 aromatic heterocycles. The molecular weight excluding hydrogens is 373 g/mol. The second kappa shape index (κ2) is 8.78. The van der Waals surface area contributed by atoms with E-state index in [4.69, 9.17) is 0 Å². The van der Waals surface area contributed by atoms with E-state index in [1.54, 1.807) is 4.31 Å². The van der Waals surface area contributed by atoms with Crippen molar-refractivity contribution in [3.63, 3.8) is 0 Å². The maximum atomic E-state index is 13.3. The van der Waals surface area contributed by atoms with Gasteiger partial charge in [0.15, 0.2) is 5.69 Å². The van der Waals surface area contributed by atoms with E-state index in [-0.39, 0.29) is 11.6 Å². The number of benzene rings is 1. The van der Waals surface area contributed by atoms with Crippen LogP contribution in [-0.2, 0) is 11.9 Å². The van der Waals surface area contributed by atoms with Gasteiger partial charge in [0.1, 0.15) is 0 Å². The highest BCUT2D eigenvalue weighted by molar-refractivity contribution is 7.96. The van der Waals surface area contributed by atoms with E-state index in [1.807, 2.05) is 30.3 Å². The Morgan fingerprint density at radius 1 is 1.07 bits per heavy atom. The van der Waals surface area contributed by atoms with Gasteiger partial charge in [-0.05, 0) is 42.5 Å². The van der Waals surface area contributed by atoms with Crippen LogP contribution in [0.1, 0.15) is 53.7 Å². The van der Waals surface area contributed by atoms with Crippen molar-refractivity contribution in [1.29, 1.82) is 0 Å². The molecule has 1 amide bonds. The van der Waals surface area contributed by atoms with Gasteiger partial charge in [-0.1, -0.05) is 49.6 Å². The van der Waals surface area contributed by atoms with Crippen molar-refractivity contribution in [3.05, 3.63) is 65.5 Å². The Hall–Kier alpha value is -2.02. The lowest BCUT2D eigenvalue weighted by molar-refractivity contribution is -0.141. The maximum Gasteiger partial charge on any atom is 0.434 e. The number of carbonyl (C=O) groups excluding carboxylic acids is 1. The zero-order chi connectivity index (χ0) is 19.3. The fraction of sp³-hybridized carbons (Fsp3) is 0.400. The summed E-state index contributed by atoms with van der Waals surface area (Å²) in [5.41, 5.74) is -0.467. The van der Waals surface area contributed by atoms with Crippen molar-refractivity contribution in [3.8, 4) is 0 Å². The van der Waals surface area contributed by atoms with E-state index in [1.165, 1.54) is 24.1 Å². The topological polar surface area (TPSA) is 33.2 Å². The van der Waals surface area contributed by atoms with Gasteiger partial charge in [-0.2, -0.15) is 13.2 Å². The zero-order valence-electron chi connectivity index (χ0n) is 14.8. The Morgan fingerprint density at radius 3 is 2.44 bits per heavy atom. The lowest BCUT2D eigenvalue weighted by atomic mass is 9.95. The molecule has 1 aromatic carbocycles. The number of hydrogen-bond donors (Lipinski definition) is 0. The number of halogens is 3. The minimum atomic E-state index is -4.66. The van der Waals surface area contributed by atoms with Gasteiger partial charge in [0.05, 0.1) is 5.56 Å². The van der Waals surface area contributed by atoms with Crippen molar-refractivity contribution < 1.29 is 18.0 Å². The van der Waals surface area contributed by atoms with Gasteiger partial charge in [0, 0.05) is 18.0 Å². The van der Waals surface area contributed by atoms with E-state index in [0.717, 1.165) is 43.9 Å². The number of amides is 1. The molecule has 1 aliphatic carbocycles. The third-order valence-corrected chi connectivity index (χ3v) is 5.83. The normalized spacial score (nSPS) is 15.5. The number of pyridine rings is 1. The smallest absolute Gasteiger partial charge is 0.279 e. The van der Waals surface area contributed by atoms with Crippen LogP contribution in [0.5, 0.6) is 0 Å². The number of alkyl halides is 3. The number of nitrogens with zero attached hydrogens (tertiary/aromatic N) is 2. The van der Waals surface area contributed by atoms with E-state index in [9.17, 15) is 18.0 Å². The fourth-order valence-corrected chi connectivity index (χ4v) is 4.40. The molecule has 2 aromatic rings. The summed E-state index contributed by atoms with van der Waals surface area (Å²) in [4.78, 5) is 16.5. The first-order valence-electron chi connectivity index (χ1n) is 8.99. The van der Waals surface area contributed by atoms with Crippen molar-refractivity contribution in [1.82, 2.24) is 9.29 Å². The van der Waals surface area contributed by atoms with Gasteiger partial charge >= 0.3 is 6.18 Å². The van der Waals surface area contributed by atoms with E-state index in [2.05, 4.69) is 4.98 Å². The monoisotopic (exact) mass is 394 g/mol. The predicted octanol–water partition coefficient (Wildman–Crippen LogP) is 5.72. The van der Waals surface area contributed by atoms with E-state index >= 15 is 0 Å². The van der Waals surface area contributed by atoms with Gasteiger partial charge in [0.2, 0.25) is 0 Å². The van der Waals surface area contributed by atoms with Crippen LogP contribution in [0.25, 0.3) is 0 Å². The first-order chi connectivity index (χ1) is 13.0. The van der Waals surface area contributed by atoms with Crippen molar-refractivity contribution in [2.45, 2.75) is 50.1 Å². The summed E-state index contributed by atoms with van der Waals surface area (Å²) in [7, 11) is 0. The first kappa shape index (κ1) is 19.7. The number of hydrogen-bond acceptors (Lipinski definition) is 3. The van der Waals surface area contributed by atoms with Crippen LogP contribution in [0.4, 0.5) is 13.2 Å². The molecule has 1 aliphatic rings.